The SMILES string of the molecule is COC(=O)C1CCCC1CNC(=O)OC(C)(C)C. The Kier molecular flexibility index (Phi) is 4.99. The lowest BCUT2D eigenvalue weighted by atomic mass is 9.96. The summed E-state index contributed by atoms with van der Waals surface area (Å²) in [5.74, 6) is -0.113. The summed E-state index contributed by atoms with van der Waals surface area (Å²) >= 11 is 0. The van der Waals surface area contributed by atoms with Crippen molar-refractivity contribution >= 4 is 12.1 Å². The molecule has 104 valence electrons. The van der Waals surface area contributed by atoms with E-state index in [-0.39, 0.29) is 17.8 Å². The highest BCUT2D eigenvalue weighted by Crippen LogP contribution is 2.32. The summed E-state index contributed by atoms with van der Waals surface area (Å²) < 4.78 is 9.92. The fraction of sp³-hybridized carbons (Fsp3) is 0.846. The first-order chi connectivity index (χ1) is 8.33. The average molecular weight is 257 g/mol. The van der Waals surface area contributed by atoms with Gasteiger partial charge < -0.3 is 14.8 Å². The van der Waals surface area contributed by atoms with Crippen LogP contribution in [0.2, 0.25) is 0 Å². The number of carbonyl (C=O) groups excluding carboxylic acids is 2. The summed E-state index contributed by atoms with van der Waals surface area (Å²) in [6.45, 7) is 5.92. The summed E-state index contributed by atoms with van der Waals surface area (Å²) in [4.78, 5) is 23.0. The normalized spacial score (nSPS) is 23.6. The summed E-state index contributed by atoms with van der Waals surface area (Å²) in [5.41, 5.74) is -0.499. The van der Waals surface area contributed by atoms with Gasteiger partial charge >= 0.3 is 12.1 Å². The molecule has 0 spiro atoms. The first-order valence-electron chi connectivity index (χ1n) is 6.38. The van der Waals surface area contributed by atoms with Crippen molar-refractivity contribution in [2.75, 3.05) is 13.7 Å². The monoisotopic (exact) mass is 257 g/mol. The van der Waals surface area contributed by atoms with Crippen molar-refractivity contribution in [3.8, 4) is 0 Å². The van der Waals surface area contributed by atoms with Gasteiger partial charge in [-0.05, 0) is 39.5 Å². The molecule has 0 bridgehead atoms. The van der Waals surface area contributed by atoms with Crippen LogP contribution in [-0.4, -0.2) is 31.3 Å². The van der Waals surface area contributed by atoms with Crippen LogP contribution in [0.5, 0.6) is 0 Å². The molecule has 1 rings (SSSR count). The lowest BCUT2D eigenvalue weighted by Gasteiger charge is -2.22. The lowest BCUT2D eigenvalue weighted by molar-refractivity contribution is -0.146. The number of methoxy groups -OCH3 is 1. The lowest BCUT2D eigenvalue weighted by Crippen LogP contribution is -2.37. The maximum absolute atomic E-state index is 11.5. The number of carbonyl (C=O) groups is 2. The number of hydrogen-bond acceptors (Lipinski definition) is 4. The van der Waals surface area contributed by atoms with Gasteiger partial charge in [-0.25, -0.2) is 4.79 Å². The van der Waals surface area contributed by atoms with E-state index in [4.69, 9.17) is 9.47 Å². The molecule has 2 unspecified atom stereocenters. The molecule has 18 heavy (non-hydrogen) atoms. The molecule has 0 radical (unpaired) electrons. The van der Waals surface area contributed by atoms with Gasteiger partial charge in [-0.1, -0.05) is 6.42 Å². The van der Waals surface area contributed by atoms with Crippen LogP contribution < -0.4 is 5.32 Å². The minimum absolute atomic E-state index is 0.0927. The second kappa shape index (κ2) is 6.07. The van der Waals surface area contributed by atoms with Gasteiger partial charge in [-0.2, -0.15) is 0 Å². The molecule has 0 aliphatic heterocycles. The largest absolute Gasteiger partial charge is 0.469 e. The van der Waals surface area contributed by atoms with Crippen LogP contribution in [0.1, 0.15) is 40.0 Å². The zero-order valence-electron chi connectivity index (χ0n) is 11.6. The first kappa shape index (κ1) is 14.8. The maximum atomic E-state index is 11.5. The molecule has 1 saturated carbocycles. The third-order valence-electron chi connectivity index (χ3n) is 3.07. The van der Waals surface area contributed by atoms with Gasteiger partial charge in [0, 0.05) is 6.54 Å². The van der Waals surface area contributed by atoms with Gasteiger partial charge in [0.1, 0.15) is 5.60 Å². The Labute approximate surface area is 108 Å². The van der Waals surface area contributed by atoms with Crippen molar-refractivity contribution in [1.29, 1.82) is 0 Å². The second-order valence-electron chi connectivity index (χ2n) is 5.70. The van der Waals surface area contributed by atoms with Crippen molar-refractivity contribution in [2.24, 2.45) is 11.8 Å². The molecule has 1 aliphatic carbocycles. The van der Waals surface area contributed by atoms with Gasteiger partial charge in [-0.3, -0.25) is 4.79 Å². The molecular weight excluding hydrogens is 234 g/mol. The summed E-state index contributed by atoms with van der Waals surface area (Å²) in [7, 11) is 1.40. The molecule has 1 amide bonds. The number of hydrogen-bond donors (Lipinski definition) is 1. The first-order valence-corrected chi connectivity index (χ1v) is 6.38. The highest BCUT2D eigenvalue weighted by Gasteiger charge is 2.34. The molecule has 1 fully saturated rings. The summed E-state index contributed by atoms with van der Waals surface area (Å²) in [6, 6.07) is 0. The third-order valence-corrected chi connectivity index (χ3v) is 3.07. The molecule has 0 saturated heterocycles. The van der Waals surface area contributed by atoms with Crippen LogP contribution in [0.25, 0.3) is 0 Å². The van der Waals surface area contributed by atoms with Crippen molar-refractivity contribution in [3.63, 3.8) is 0 Å². The highest BCUT2D eigenvalue weighted by molar-refractivity contribution is 5.73. The van der Waals surface area contributed by atoms with E-state index in [9.17, 15) is 9.59 Å². The van der Waals surface area contributed by atoms with Gasteiger partial charge in [-0.15, -0.1) is 0 Å². The molecule has 1 N–H and O–H groups in total. The Bertz CT molecular complexity index is 309. The fourth-order valence-corrected chi connectivity index (χ4v) is 2.27. The number of rotatable bonds is 3. The van der Waals surface area contributed by atoms with E-state index in [0.29, 0.717) is 6.54 Å². The van der Waals surface area contributed by atoms with Gasteiger partial charge in [0.05, 0.1) is 13.0 Å². The molecule has 0 heterocycles. The van der Waals surface area contributed by atoms with Crippen LogP contribution >= 0.6 is 0 Å². The third kappa shape index (κ3) is 4.55. The topological polar surface area (TPSA) is 64.6 Å². The quantitative estimate of drug-likeness (QED) is 0.786. The Balaban J connectivity index is 2.38. The highest BCUT2D eigenvalue weighted by atomic mass is 16.6. The molecule has 5 nitrogen and oxygen atoms in total. The average Bonchev–Trinajstić information content (AvgIpc) is 2.71. The summed E-state index contributed by atoms with van der Waals surface area (Å²) in [6.07, 6.45) is 2.35. The molecule has 0 aromatic heterocycles. The van der Waals surface area contributed by atoms with Crippen molar-refractivity contribution in [1.82, 2.24) is 5.32 Å². The Hall–Kier alpha value is -1.26. The molecule has 5 heteroatoms. The fourth-order valence-electron chi connectivity index (χ4n) is 2.27. The summed E-state index contributed by atoms with van der Waals surface area (Å²) in [5, 5.41) is 2.72. The van der Waals surface area contributed by atoms with Gasteiger partial charge in [0.15, 0.2) is 0 Å². The minimum Gasteiger partial charge on any atom is -0.469 e. The predicted octanol–water partition coefficient (Wildman–Crippen LogP) is 2.10. The number of nitrogens with one attached hydrogen (secondary N) is 1. The zero-order valence-corrected chi connectivity index (χ0v) is 11.6. The van der Waals surface area contributed by atoms with Crippen LogP contribution in [-0.2, 0) is 14.3 Å². The predicted molar refractivity (Wildman–Crippen MR) is 67.1 cm³/mol. The number of ether oxygens (including phenoxy) is 2. The van der Waals surface area contributed by atoms with Crippen molar-refractivity contribution < 1.29 is 19.1 Å². The van der Waals surface area contributed by atoms with Crippen molar-refractivity contribution in [2.45, 2.75) is 45.6 Å². The Morgan fingerprint density at radius 3 is 2.50 bits per heavy atom. The van der Waals surface area contributed by atoms with Crippen LogP contribution in [0.15, 0.2) is 0 Å². The standard InChI is InChI=1S/C13H23NO4/c1-13(2,3)18-12(16)14-8-9-6-5-7-10(9)11(15)17-4/h9-10H,5-8H2,1-4H3,(H,14,16). The minimum atomic E-state index is -0.499. The van der Waals surface area contributed by atoms with Crippen LogP contribution in [0.4, 0.5) is 4.79 Å². The van der Waals surface area contributed by atoms with Crippen LogP contribution in [0, 0.1) is 11.8 Å². The smallest absolute Gasteiger partial charge is 0.407 e. The van der Waals surface area contributed by atoms with Gasteiger partial charge in [0.2, 0.25) is 0 Å². The van der Waals surface area contributed by atoms with E-state index in [1.807, 2.05) is 20.8 Å². The number of alkyl carbamates (subject to hydrolysis) is 1. The molecular formula is C13H23NO4. The molecule has 0 aromatic carbocycles. The second-order valence-corrected chi connectivity index (χ2v) is 5.70. The maximum Gasteiger partial charge on any atom is 0.407 e. The van der Waals surface area contributed by atoms with E-state index in [1.165, 1.54) is 7.11 Å². The number of esters is 1. The van der Waals surface area contributed by atoms with Crippen molar-refractivity contribution in [3.05, 3.63) is 0 Å². The van der Waals surface area contributed by atoms with E-state index >= 15 is 0 Å². The van der Waals surface area contributed by atoms with E-state index in [2.05, 4.69) is 5.32 Å². The Morgan fingerprint density at radius 1 is 1.28 bits per heavy atom. The van der Waals surface area contributed by atoms with E-state index in [0.717, 1.165) is 19.3 Å². The molecule has 2 atom stereocenters. The van der Waals surface area contributed by atoms with Gasteiger partial charge in [0.25, 0.3) is 0 Å². The van der Waals surface area contributed by atoms with E-state index in [1.54, 1.807) is 0 Å². The van der Waals surface area contributed by atoms with E-state index < -0.39 is 11.7 Å². The molecule has 0 aromatic rings. The Morgan fingerprint density at radius 2 is 1.94 bits per heavy atom. The van der Waals surface area contributed by atoms with Crippen LogP contribution in [0.3, 0.4) is 0 Å². The zero-order chi connectivity index (χ0) is 13.8. The molecule has 1 aliphatic rings. The number of amides is 1.